The third-order valence-corrected chi connectivity index (χ3v) is 4.65. The smallest absolute Gasteiger partial charge is 0.255 e. The minimum Gasteiger partial charge on any atom is -0.342 e. The number of nitrogens with two attached hydrogens (primary N) is 1. The Hall–Kier alpha value is -2.65. The van der Waals surface area contributed by atoms with Gasteiger partial charge in [0.1, 0.15) is 5.82 Å². The van der Waals surface area contributed by atoms with Gasteiger partial charge in [-0.15, -0.1) is 5.92 Å². The molecule has 26 heavy (non-hydrogen) atoms. The zero-order valence-electron chi connectivity index (χ0n) is 15.1. The van der Waals surface area contributed by atoms with Crippen LogP contribution in [0.1, 0.15) is 32.3 Å². The number of anilines is 1. The third-order valence-electron chi connectivity index (χ3n) is 4.65. The Bertz CT molecular complexity index is 918. The molecule has 1 fully saturated rings. The maximum Gasteiger partial charge on any atom is 0.255 e. The first-order valence-electron chi connectivity index (χ1n) is 8.88. The quantitative estimate of drug-likeness (QED) is 0.860. The average molecular weight is 354 g/mol. The summed E-state index contributed by atoms with van der Waals surface area (Å²) in [5.74, 6) is 5.62. The van der Waals surface area contributed by atoms with Gasteiger partial charge in [-0.25, -0.2) is 9.37 Å². The Kier molecular flexibility index (Phi) is 5.38. The SMILES string of the molecule is CC#Cc1ccc(-c2cc(=O)n(CC)c(N3CCC(N)CC3)n2)cc1F. The highest BCUT2D eigenvalue weighted by atomic mass is 19.1. The van der Waals surface area contributed by atoms with E-state index in [1.54, 1.807) is 23.6 Å². The van der Waals surface area contributed by atoms with Crippen LogP contribution >= 0.6 is 0 Å². The van der Waals surface area contributed by atoms with Crippen molar-refractivity contribution in [2.45, 2.75) is 39.3 Å². The molecule has 0 unspecified atom stereocenters. The zero-order chi connectivity index (χ0) is 18.7. The molecule has 0 saturated carbocycles. The zero-order valence-corrected chi connectivity index (χ0v) is 15.1. The molecule has 2 aromatic rings. The molecule has 0 amide bonds. The summed E-state index contributed by atoms with van der Waals surface area (Å²) in [5, 5.41) is 0. The summed E-state index contributed by atoms with van der Waals surface area (Å²) < 4.78 is 15.9. The Morgan fingerprint density at radius 1 is 1.31 bits per heavy atom. The van der Waals surface area contributed by atoms with Crippen LogP contribution in [0.2, 0.25) is 0 Å². The van der Waals surface area contributed by atoms with Gasteiger partial charge in [0, 0.05) is 37.3 Å². The van der Waals surface area contributed by atoms with Crippen molar-refractivity contribution in [2.75, 3.05) is 18.0 Å². The van der Waals surface area contributed by atoms with Gasteiger partial charge < -0.3 is 10.6 Å². The first kappa shape index (κ1) is 18.2. The van der Waals surface area contributed by atoms with E-state index in [1.807, 2.05) is 6.92 Å². The molecule has 1 aliphatic rings. The molecule has 3 rings (SSSR count). The lowest BCUT2D eigenvalue weighted by Crippen LogP contribution is -2.42. The maximum absolute atomic E-state index is 14.2. The summed E-state index contributed by atoms with van der Waals surface area (Å²) in [6.07, 6.45) is 1.73. The van der Waals surface area contributed by atoms with Crippen LogP contribution in [0.3, 0.4) is 0 Å². The topological polar surface area (TPSA) is 64.2 Å². The fourth-order valence-corrected chi connectivity index (χ4v) is 3.19. The third kappa shape index (κ3) is 3.63. The van der Waals surface area contributed by atoms with E-state index in [0.717, 1.165) is 25.9 Å². The molecule has 2 N–H and O–H groups in total. The van der Waals surface area contributed by atoms with Gasteiger partial charge in [-0.1, -0.05) is 12.0 Å². The van der Waals surface area contributed by atoms with Crippen LogP contribution in [0.4, 0.5) is 10.3 Å². The highest BCUT2D eigenvalue weighted by Crippen LogP contribution is 2.23. The molecule has 0 bridgehead atoms. The minimum atomic E-state index is -0.413. The van der Waals surface area contributed by atoms with E-state index in [1.165, 1.54) is 12.1 Å². The molecule has 1 saturated heterocycles. The van der Waals surface area contributed by atoms with E-state index >= 15 is 0 Å². The Morgan fingerprint density at radius 3 is 2.65 bits per heavy atom. The van der Waals surface area contributed by atoms with Crippen molar-refractivity contribution in [1.82, 2.24) is 9.55 Å². The van der Waals surface area contributed by atoms with Gasteiger partial charge in [0.05, 0.1) is 11.3 Å². The van der Waals surface area contributed by atoms with Gasteiger partial charge in [-0.2, -0.15) is 0 Å². The van der Waals surface area contributed by atoms with Crippen molar-refractivity contribution in [3.05, 3.63) is 46.0 Å². The fourth-order valence-electron chi connectivity index (χ4n) is 3.19. The summed E-state index contributed by atoms with van der Waals surface area (Å²) in [4.78, 5) is 19.4. The number of halogens is 1. The standard InChI is InChI=1S/C20H23FN4O/c1-3-5-14-6-7-15(12-17(14)21)18-13-19(26)25(4-2)20(23-18)24-10-8-16(22)9-11-24/h6-7,12-13,16H,4,8-11,22H2,1-2H3. The van der Waals surface area contributed by atoms with Crippen molar-refractivity contribution >= 4 is 5.95 Å². The maximum atomic E-state index is 14.2. The summed E-state index contributed by atoms with van der Waals surface area (Å²) in [5.41, 5.74) is 7.22. The van der Waals surface area contributed by atoms with Crippen LogP contribution in [-0.4, -0.2) is 28.7 Å². The van der Waals surface area contributed by atoms with Crippen molar-refractivity contribution in [2.24, 2.45) is 5.73 Å². The number of piperidine rings is 1. The first-order valence-corrected chi connectivity index (χ1v) is 8.88. The second-order valence-electron chi connectivity index (χ2n) is 6.42. The lowest BCUT2D eigenvalue weighted by molar-refractivity contribution is 0.486. The normalized spacial score (nSPS) is 14.8. The molecular weight excluding hydrogens is 331 g/mol. The summed E-state index contributed by atoms with van der Waals surface area (Å²) in [7, 11) is 0. The predicted octanol–water partition coefficient (Wildman–Crippen LogP) is 2.37. The van der Waals surface area contributed by atoms with Crippen LogP contribution in [0, 0.1) is 17.7 Å². The van der Waals surface area contributed by atoms with Gasteiger partial charge in [0.25, 0.3) is 5.56 Å². The first-order chi connectivity index (χ1) is 12.5. The average Bonchev–Trinajstić information content (AvgIpc) is 2.63. The lowest BCUT2D eigenvalue weighted by Gasteiger charge is -2.32. The fraction of sp³-hybridized carbons (Fsp3) is 0.400. The van der Waals surface area contributed by atoms with Crippen molar-refractivity contribution < 1.29 is 4.39 Å². The van der Waals surface area contributed by atoms with E-state index in [9.17, 15) is 9.18 Å². The second kappa shape index (κ2) is 7.71. The molecule has 1 aromatic heterocycles. The Balaban J connectivity index is 2.04. The van der Waals surface area contributed by atoms with E-state index in [2.05, 4.69) is 21.7 Å². The molecule has 1 aliphatic heterocycles. The molecule has 1 aromatic carbocycles. The van der Waals surface area contributed by atoms with Crippen LogP contribution in [0.25, 0.3) is 11.3 Å². The van der Waals surface area contributed by atoms with E-state index in [4.69, 9.17) is 5.73 Å². The van der Waals surface area contributed by atoms with Gasteiger partial charge in [0.15, 0.2) is 0 Å². The Morgan fingerprint density at radius 2 is 2.04 bits per heavy atom. The van der Waals surface area contributed by atoms with Crippen molar-refractivity contribution in [1.29, 1.82) is 0 Å². The number of hydrogen-bond donors (Lipinski definition) is 1. The summed E-state index contributed by atoms with van der Waals surface area (Å²) in [6, 6.07) is 6.40. The predicted molar refractivity (Wildman–Crippen MR) is 102 cm³/mol. The lowest BCUT2D eigenvalue weighted by atomic mass is 10.1. The highest BCUT2D eigenvalue weighted by molar-refractivity contribution is 5.62. The summed E-state index contributed by atoms with van der Waals surface area (Å²) >= 11 is 0. The number of benzene rings is 1. The molecule has 2 heterocycles. The molecule has 0 aliphatic carbocycles. The second-order valence-corrected chi connectivity index (χ2v) is 6.42. The number of rotatable bonds is 3. The molecule has 0 atom stereocenters. The molecule has 6 heteroatoms. The van der Waals surface area contributed by atoms with Crippen LogP contribution in [0.15, 0.2) is 29.1 Å². The van der Waals surface area contributed by atoms with Gasteiger partial charge >= 0.3 is 0 Å². The minimum absolute atomic E-state index is 0.139. The van der Waals surface area contributed by atoms with Gasteiger partial charge in [-0.05, 0) is 38.8 Å². The van der Waals surface area contributed by atoms with Crippen LogP contribution in [0.5, 0.6) is 0 Å². The van der Waals surface area contributed by atoms with Crippen LogP contribution in [-0.2, 0) is 6.54 Å². The number of nitrogens with zero attached hydrogens (tertiary/aromatic N) is 3. The van der Waals surface area contributed by atoms with Crippen molar-refractivity contribution in [3.63, 3.8) is 0 Å². The molecule has 136 valence electrons. The van der Waals surface area contributed by atoms with Crippen LogP contribution < -0.4 is 16.2 Å². The monoisotopic (exact) mass is 354 g/mol. The summed E-state index contributed by atoms with van der Waals surface area (Å²) in [6.45, 7) is 5.63. The van der Waals surface area contributed by atoms with E-state index < -0.39 is 5.82 Å². The molecule has 5 nitrogen and oxygen atoms in total. The molecule has 0 radical (unpaired) electrons. The van der Waals surface area contributed by atoms with Crippen molar-refractivity contribution in [3.8, 4) is 23.1 Å². The van der Waals surface area contributed by atoms with E-state index in [0.29, 0.717) is 29.3 Å². The molecular formula is C20H23FN4O. The Labute approximate surface area is 152 Å². The largest absolute Gasteiger partial charge is 0.342 e. The molecule has 0 spiro atoms. The number of hydrogen-bond acceptors (Lipinski definition) is 4. The van der Waals surface area contributed by atoms with E-state index in [-0.39, 0.29) is 11.6 Å². The van der Waals surface area contributed by atoms with Gasteiger partial charge in [0.2, 0.25) is 5.95 Å². The van der Waals surface area contributed by atoms with Gasteiger partial charge in [-0.3, -0.25) is 9.36 Å². The highest BCUT2D eigenvalue weighted by Gasteiger charge is 2.21. The number of aromatic nitrogens is 2.